The number of unbranched alkanes of at least 4 members (excludes halogenated alkanes) is 28. The van der Waals surface area contributed by atoms with E-state index in [1.54, 1.807) is 0 Å². The lowest BCUT2D eigenvalue weighted by atomic mass is 9.89. The van der Waals surface area contributed by atoms with E-state index in [1.807, 2.05) is 0 Å². The molecule has 0 aromatic carbocycles. The van der Waals surface area contributed by atoms with Gasteiger partial charge >= 0.3 is 0 Å². The fourth-order valence-corrected chi connectivity index (χ4v) is 6.26. The molecule has 0 atom stereocenters. The molecular weight excluding hydrogens is 516 g/mol. The minimum Gasteiger partial charge on any atom is -0.315 e. The molecule has 0 aromatic rings. The number of ketones is 2. The van der Waals surface area contributed by atoms with Gasteiger partial charge in [-0.05, 0) is 12.8 Å². The summed E-state index contributed by atoms with van der Waals surface area (Å²) in [6.07, 6.45) is 39.1. The molecule has 0 saturated carbocycles. The Morgan fingerprint density at radius 3 is 0.738 bits per heavy atom. The SMILES string of the molecule is CCCCCCCCCCCCCCCCCC(=O)C(C(=O)CCCCCCCCCCCCCCCCC)C(N)N. The topological polar surface area (TPSA) is 86.2 Å². The van der Waals surface area contributed by atoms with E-state index in [9.17, 15) is 9.59 Å². The lowest BCUT2D eigenvalue weighted by Gasteiger charge is -2.18. The number of hydrogen-bond acceptors (Lipinski definition) is 4. The van der Waals surface area contributed by atoms with Gasteiger partial charge < -0.3 is 11.5 Å². The van der Waals surface area contributed by atoms with Crippen LogP contribution in [0.4, 0.5) is 0 Å². The molecule has 0 saturated heterocycles. The van der Waals surface area contributed by atoms with E-state index in [0.717, 1.165) is 25.7 Å². The van der Waals surface area contributed by atoms with E-state index in [1.165, 1.54) is 167 Å². The van der Waals surface area contributed by atoms with E-state index < -0.39 is 12.1 Å². The van der Waals surface area contributed by atoms with Crippen LogP contribution in [0.3, 0.4) is 0 Å². The van der Waals surface area contributed by atoms with Crippen LogP contribution in [0.25, 0.3) is 0 Å². The van der Waals surface area contributed by atoms with Crippen LogP contribution < -0.4 is 11.5 Å². The monoisotopic (exact) mass is 593 g/mol. The van der Waals surface area contributed by atoms with Crippen molar-refractivity contribution in [3.8, 4) is 0 Å². The molecule has 4 nitrogen and oxygen atoms in total. The molecule has 0 aromatic heterocycles. The molecule has 0 heterocycles. The van der Waals surface area contributed by atoms with Crippen molar-refractivity contribution >= 4 is 11.6 Å². The van der Waals surface area contributed by atoms with Crippen LogP contribution in [0.2, 0.25) is 0 Å². The highest BCUT2D eigenvalue weighted by atomic mass is 16.2. The maximum absolute atomic E-state index is 12.7. The van der Waals surface area contributed by atoms with Gasteiger partial charge in [0.05, 0.1) is 6.17 Å². The Hall–Kier alpha value is -0.740. The second-order valence-corrected chi connectivity index (χ2v) is 13.4. The molecule has 0 aliphatic carbocycles. The third kappa shape index (κ3) is 28.1. The summed E-state index contributed by atoms with van der Waals surface area (Å²) >= 11 is 0. The molecule has 0 rings (SSSR count). The Balaban J connectivity index is 3.65. The Bertz CT molecular complexity index is 531. The zero-order valence-electron chi connectivity index (χ0n) is 28.8. The van der Waals surface area contributed by atoms with Crippen molar-refractivity contribution in [1.29, 1.82) is 0 Å². The molecule has 250 valence electrons. The predicted molar refractivity (Wildman–Crippen MR) is 185 cm³/mol. The molecule has 4 N–H and O–H groups in total. The van der Waals surface area contributed by atoms with Gasteiger partial charge in [0.2, 0.25) is 0 Å². The molecule has 0 fully saturated rings. The maximum atomic E-state index is 12.7. The predicted octanol–water partition coefficient (Wildman–Crippen LogP) is 11.5. The molecule has 42 heavy (non-hydrogen) atoms. The fourth-order valence-electron chi connectivity index (χ4n) is 6.26. The highest BCUT2D eigenvalue weighted by Crippen LogP contribution is 2.18. The van der Waals surface area contributed by atoms with Crippen LogP contribution in [-0.4, -0.2) is 17.7 Å². The molecule has 0 aliphatic heterocycles. The summed E-state index contributed by atoms with van der Waals surface area (Å²) in [5, 5.41) is 0. The molecule has 0 radical (unpaired) electrons. The smallest absolute Gasteiger partial charge is 0.146 e. The van der Waals surface area contributed by atoms with E-state index in [2.05, 4.69) is 13.8 Å². The van der Waals surface area contributed by atoms with E-state index >= 15 is 0 Å². The van der Waals surface area contributed by atoms with E-state index in [-0.39, 0.29) is 11.6 Å². The zero-order valence-corrected chi connectivity index (χ0v) is 28.8. The lowest BCUT2D eigenvalue weighted by Crippen LogP contribution is -2.46. The van der Waals surface area contributed by atoms with Crippen LogP contribution >= 0.6 is 0 Å². The number of carbonyl (C=O) groups is 2. The quantitative estimate of drug-likeness (QED) is 0.0435. The number of Topliss-reactive ketones (excluding diaryl/α,β-unsaturated/α-hetero) is 2. The number of rotatable bonds is 35. The highest BCUT2D eigenvalue weighted by molar-refractivity contribution is 6.03. The lowest BCUT2D eigenvalue weighted by molar-refractivity contribution is -0.133. The molecular formula is C38H76N2O2. The first-order valence-corrected chi connectivity index (χ1v) is 19.1. The first kappa shape index (κ1) is 41.3. The molecule has 0 amide bonds. The maximum Gasteiger partial charge on any atom is 0.146 e. The average molecular weight is 593 g/mol. The summed E-state index contributed by atoms with van der Waals surface area (Å²) in [6.45, 7) is 4.55. The van der Waals surface area contributed by atoms with Crippen molar-refractivity contribution in [2.24, 2.45) is 17.4 Å². The van der Waals surface area contributed by atoms with Crippen LogP contribution in [0.5, 0.6) is 0 Å². The van der Waals surface area contributed by atoms with Crippen LogP contribution in [-0.2, 0) is 9.59 Å². The Morgan fingerprint density at radius 1 is 0.357 bits per heavy atom. The van der Waals surface area contributed by atoms with Crippen molar-refractivity contribution in [3.05, 3.63) is 0 Å². The Labute approximate surface area is 263 Å². The van der Waals surface area contributed by atoms with Crippen molar-refractivity contribution in [1.82, 2.24) is 0 Å². The third-order valence-electron chi connectivity index (χ3n) is 9.13. The molecule has 0 bridgehead atoms. The van der Waals surface area contributed by atoms with Gasteiger partial charge in [-0.25, -0.2) is 0 Å². The van der Waals surface area contributed by atoms with Gasteiger partial charge in [-0.15, -0.1) is 0 Å². The van der Waals surface area contributed by atoms with Crippen molar-refractivity contribution < 1.29 is 9.59 Å². The second kappa shape index (κ2) is 33.2. The number of hydrogen-bond donors (Lipinski definition) is 2. The van der Waals surface area contributed by atoms with Gasteiger partial charge in [0, 0.05) is 12.8 Å². The van der Waals surface area contributed by atoms with Crippen molar-refractivity contribution in [2.75, 3.05) is 0 Å². The summed E-state index contributed by atoms with van der Waals surface area (Å²) in [6, 6.07) is 0. The summed E-state index contributed by atoms with van der Waals surface area (Å²) in [5.74, 6) is -0.875. The summed E-state index contributed by atoms with van der Waals surface area (Å²) < 4.78 is 0. The van der Waals surface area contributed by atoms with Gasteiger partial charge in [-0.2, -0.15) is 0 Å². The van der Waals surface area contributed by atoms with Gasteiger partial charge in [-0.1, -0.05) is 194 Å². The molecule has 4 heteroatoms. The number of nitrogens with two attached hydrogens (primary N) is 2. The largest absolute Gasteiger partial charge is 0.315 e. The minimum atomic E-state index is -0.863. The average Bonchev–Trinajstić information content (AvgIpc) is 2.97. The van der Waals surface area contributed by atoms with E-state index in [4.69, 9.17) is 11.5 Å². The number of carbonyl (C=O) groups excluding carboxylic acids is 2. The van der Waals surface area contributed by atoms with Gasteiger partial charge in [0.15, 0.2) is 0 Å². The van der Waals surface area contributed by atoms with Gasteiger partial charge in [-0.3, -0.25) is 9.59 Å². The molecule has 0 aliphatic rings. The molecule has 0 spiro atoms. The van der Waals surface area contributed by atoms with Gasteiger partial charge in [0.25, 0.3) is 0 Å². The van der Waals surface area contributed by atoms with Gasteiger partial charge in [0.1, 0.15) is 17.5 Å². The summed E-state index contributed by atoms with van der Waals surface area (Å²) in [4.78, 5) is 25.5. The fraction of sp³-hybridized carbons (Fsp3) is 0.947. The Kier molecular flexibility index (Phi) is 32.6. The Morgan fingerprint density at radius 2 is 0.548 bits per heavy atom. The highest BCUT2D eigenvalue weighted by Gasteiger charge is 2.29. The van der Waals surface area contributed by atoms with E-state index in [0.29, 0.717) is 12.8 Å². The van der Waals surface area contributed by atoms with Crippen LogP contribution in [0.15, 0.2) is 0 Å². The summed E-state index contributed by atoms with van der Waals surface area (Å²) in [7, 11) is 0. The summed E-state index contributed by atoms with van der Waals surface area (Å²) in [5.41, 5.74) is 11.8. The third-order valence-corrected chi connectivity index (χ3v) is 9.13. The molecule has 0 unspecified atom stereocenters. The zero-order chi connectivity index (χ0) is 30.9. The van der Waals surface area contributed by atoms with Crippen LogP contribution in [0.1, 0.15) is 219 Å². The normalized spacial score (nSPS) is 11.7. The first-order chi connectivity index (χ1) is 20.5. The van der Waals surface area contributed by atoms with Crippen molar-refractivity contribution in [2.45, 2.75) is 225 Å². The minimum absolute atomic E-state index is 0.0364. The second-order valence-electron chi connectivity index (χ2n) is 13.4. The standard InChI is InChI=1S/C38H76N2O2/c1-3-5-7-9-11-13-15-17-19-21-23-25-27-29-31-33-35(41)37(38(39)40)36(42)34-32-30-28-26-24-22-20-18-16-14-12-10-8-6-4-2/h37-38H,3-34,39-40H2,1-2H3. The van der Waals surface area contributed by atoms with Crippen LogP contribution in [0, 0.1) is 5.92 Å². The first-order valence-electron chi connectivity index (χ1n) is 19.1. The van der Waals surface area contributed by atoms with Crippen molar-refractivity contribution in [3.63, 3.8) is 0 Å².